The molecule has 0 bridgehead atoms. The molecule has 0 heterocycles. The van der Waals surface area contributed by atoms with E-state index in [-0.39, 0.29) is 10.6 Å². The van der Waals surface area contributed by atoms with Crippen molar-refractivity contribution in [2.75, 3.05) is 12.3 Å². The molecule has 0 aliphatic carbocycles. The molecule has 0 saturated carbocycles. The van der Waals surface area contributed by atoms with Crippen molar-refractivity contribution < 1.29 is 4.92 Å². The Morgan fingerprint density at radius 3 is 2.88 bits per heavy atom. The van der Waals surface area contributed by atoms with Crippen molar-refractivity contribution in [1.82, 2.24) is 0 Å². The van der Waals surface area contributed by atoms with Crippen molar-refractivity contribution in [1.29, 1.82) is 0 Å². The van der Waals surface area contributed by atoms with E-state index < -0.39 is 0 Å². The quantitative estimate of drug-likeness (QED) is 0.471. The molecule has 2 N–H and O–H groups in total. The minimum absolute atomic E-state index is 0.205. The van der Waals surface area contributed by atoms with Crippen molar-refractivity contribution in [2.24, 2.45) is 5.73 Å². The predicted molar refractivity (Wildman–Crippen MR) is 67.7 cm³/mol. The number of nitro groups is 1. The van der Waals surface area contributed by atoms with Crippen LogP contribution in [0.4, 0.5) is 5.69 Å². The maximum absolute atomic E-state index is 10.7. The van der Waals surface area contributed by atoms with Crippen LogP contribution in [0.2, 0.25) is 0 Å². The zero-order valence-electron chi connectivity index (χ0n) is 9.31. The Kier molecular flexibility index (Phi) is 5.28. The van der Waals surface area contributed by atoms with Crippen molar-refractivity contribution in [3.63, 3.8) is 0 Å². The van der Waals surface area contributed by atoms with Gasteiger partial charge in [0.15, 0.2) is 0 Å². The first kappa shape index (κ1) is 13.0. The summed E-state index contributed by atoms with van der Waals surface area (Å²) in [4.78, 5) is 10.4. The summed E-state index contributed by atoms with van der Waals surface area (Å²) in [6.07, 6.45) is 0.985. The average molecular weight is 240 g/mol. The first-order valence-electron chi connectivity index (χ1n) is 5.17. The lowest BCUT2D eigenvalue weighted by atomic mass is 10.1. The second kappa shape index (κ2) is 6.50. The highest BCUT2D eigenvalue weighted by molar-refractivity contribution is 7.98. The second-order valence-electron chi connectivity index (χ2n) is 3.51. The van der Waals surface area contributed by atoms with E-state index in [1.54, 1.807) is 30.8 Å². The molecular formula is C11H16N2O2S. The van der Waals surface area contributed by atoms with Gasteiger partial charge in [-0.05, 0) is 31.2 Å². The molecule has 1 aromatic carbocycles. The molecule has 0 aliphatic rings. The van der Waals surface area contributed by atoms with Gasteiger partial charge in [-0.2, -0.15) is 11.8 Å². The lowest BCUT2D eigenvalue weighted by Gasteiger charge is -2.05. The van der Waals surface area contributed by atoms with Crippen LogP contribution in [0.15, 0.2) is 18.2 Å². The van der Waals surface area contributed by atoms with E-state index in [1.165, 1.54) is 0 Å². The van der Waals surface area contributed by atoms with Crippen LogP contribution in [0.5, 0.6) is 0 Å². The first-order chi connectivity index (χ1) is 7.66. The summed E-state index contributed by atoms with van der Waals surface area (Å²) in [7, 11) is 0. The van der Waals surface area contributed by atoms with Gasteiger partial charge in [0.1, 0.15) is 0 Å². The maximum Gasteiger partial charge on any atom is 0.272 e. The van der Waals surface area contributed by atoms with Crippen LogP contribution in [0.3, 0.4) is 0 Å². The molecule has 0 atom stereocenters. The summed E-state index contributed by atoms with van der Waals surface area (Å²) in [5, 5.41) is 10.7. The number of nitrogens with two attached hydrogens (primary N) is 1. The van der Waals surface area contributed by atoms with E-state index in [0.717, 1.165) is 29.1 Å². The summed E-state index contributed by atoms with van der Waals surface area (Å²) < 4.78 is 0. The molecule has 88 valence electrons. The van der Waals surface area contributed by atoms with E-state index in [1.807, 2.05) is 6.07 Å². The Hall–Kier alpha value is -1.07. The summed E-state index contributed by atoms with van der Waals surface area (Å²) in [5.74, 6) is 1.81. The zero-order chi connectivity index (χ0) is 12.0. The number of hydrogen-bond donors (Lipinski definition) is 1. The molecular weight excluding hydrogens is 224 g/mol. The van der Waals surface area contributed by atoms with Gasteiger partial charge >= 0.3 is 0 Å². The Morgan fingerprint density at radius 2 is 2.25 bits per heavy atom. The molecule has 0 spiro atoms. The zero-order valence-corrected chi connectivity index (χ0v) is 10.1. The monoisotopic (exact) mass is 240 g/mol. The van der Waals surface area contributed by atoms with Crippen LogP contribution in [0, 0.1) is 17.0 Å². The summed E-state index contributed by atoms with van der Waals surface area (Å²) in [5.41, 5.74) is 7.41. The minimum atomic E-state index is -0.330. The maximum atomic E-state index is 10.7. The van der Waals surface area contributed by atoms with Crippen LogP contribution in [-0.4, -0.2) is 17.2 Å². The molecule has 0 aromatic heterocycles. The summed E-state index contributed by atoms with van der Waals surface area (Å²) in [6.45, 7) is 2.50. The van der Waals surface area contributed by atoms with Gasteiger partial charge < -0.3 is 5.73 Å². The van der Waals surface area contributed by atoms with Gasteiger partial charge in [0.2, 0.25) is 0 Å². The topological polar surface area (TPSA) is 69.2 Å². The molecule has 1 aromatic rings. The van der Waals surface area contributed by atoms with Gasteiger partial charge in [0, 0.05) is 17.4 Å². The largest absolute Gasteiger partial charge is 0.330 e. The molecule has 0 aliphatic heterocycles. The number of rotatable bonds is 6. The van der Waals surface area contributed by atoms with E-state index in [4.69, 9.17) is 5.73 Å². The van der Waals surface area contributed by atoms with E-state index in [0.29, 0.717) is 6.54 Å². The Labute approximate surface area is 99.4 Å². The molecule has 0 fully saturated rings. The molecule has 0 saturated heterocycles. The van der Waals surface area contributed by atoms with Crippen molar-refractivity contribution in [3.8, 4) is 0 Å². The summed E-state index contributed by atoms with van der Waals surface area (Å²) in [6, 6.07) is 5.23. The Bertz CT molecular complexity index is 369. The number of hydrogen-bond acceptors (Lipinski definition) is 4. The number of benzene rings is 1. The lowest BCUT2D eigenvalue weighted by molar-refractivity contribution is -0.385. The molecule has 5 heteroatoms. The van der Waals surface area contributed by atoms with Gasteiger partial charge in [-0.1, -0.05) is 12.1 Å². The number of nitrogens with zero attached hydrogens (tertiary/aromatic N) is 1. The molecule has 0 unspecified atom stereocenters. The normalized spacial score (nSPS) is 10.4. The number of nitro benzene ring substituents is 1. The lowest BCUT2D eigenvalue weighted by Crippen LogP contribution is -2.00. The van der Waals surface area contributed by atoms with Crippen LogP contribution < -0.4 is 5.73 Å². The third-order valence-electron chi connectivity index (χ3n) is 2.36. The second-order valence-corrected chi connectivity index (χ2v) is 4.62. The third-order valence-corrected chi connectivity index (χ3v) is 3.46. The van der Waals surface area contributed by atoms with Gasteiger partial charge in [-0.3, -0.25) is 10.1 Å². The average Bonchev–Trinajstić information content (AvgIpc) is 2.26. The fourth-order valence-electron chi connectivity index (χ4n) is 1.39. The van der Waals surface area contributed by atoms with Gasteiger partial charge in [0.25, 0.3) is 5.69 Å². The fraction of sp³-hybridized carbons (Fsp3) is 0.455. The third kappa shape index (κ3) is 3.50. The van der Waals surface area contributed by atoms with Gasteiger partial charge in [0.05, 0.1) is 4.92 Å². The predicted octanol–water partition coefficient (Wildman–Crippen LogP) is 2.49. The fourth-order valence-corrected chi connectivity index (χ4v) is 2.44. The molecule has 4 nitrogen and oxygen atoms in total. The Morgan fingerprint density at radius 1 is 1.50 bits per heavy atom. The van der Waals surface area contributed by atoms with Crippen LogP contribution in [-0.2, 0) is 5.75 Å². The Balaban J connectivity index is 2.66. The van der Waals surface area contributed by atoms with Crippen LogP contribution in [0.1, 0.15) is 17.5 Å². The van der Waals surface area contributed by atoms with Gasteiger partial charge in [-0.15, -0.1) is 0 Å². The highest BCUT2D eigenvalue weighted by Gasteiger charge is 2.12. The highest BCUT2D eigenvalue weighted by atomic mass is 32.2. The standard InChI is InChI=1S/C11H16N2O2S/c1-9-10(8-16-7-3-6-12)4-2-5-11(9)13(14)15/h2,4-5H,3,6-8,12H2,1H3. The molecule has 0 amide bonds. The summed E-state index contributed by atoms with van der Waals surface area (Å²) >= 11 is 1.76. The number of thioether (sulfide) groups is 1. The SMILES string of the molecule is Cc1c(CSCCCN)cccc1[N+](=O)[O-]. The smallest absolute Gasteiger partial charge is 0.272 e. The highest BCUT2D eigenvalue weighted by Crippen LogP contribution is 2.24. The first-order valence-corrected chi connectivity index (χ1v) is 6.33. The van der Waals surface area contributed by atoms with Crippen molar-refractivity contribution in [2.45, 2.75) is 19.1 Å². The van der Waals surface area contributed by atoms with Crippen LogP contribution >= 0.6 is 11.8 Å². The van der Waals surface area contributed by atoms with E-state index in [9.17, 15) is 10.1 Å². The minimum Gasteiger partial charge on any atom is -0.330 e. The molecule has 1 rings (SSSR count). The van der Waals surface area contributed by atoms with Gasteiger partial charge in [-0.25, -0.2) is 0 Å². The van der Waals surface area contributed by atoms with Crippen molar-refractivity contribution >= 4 is 17.4 Å². The van der Waals surface area contributed by atoms with E-state index in [2.05, 4.69) is 0 Å². The molecule has 0 radical (unpaired) electrons. The van der Waals surface area contributed by atoms with Crippen LogP contribution in [0.25, 0.3) is 0 Å². The van der Waals surface area contributed by atoms with E-state index >= 15 is 0 Å². The van der Waals surface area contributed by atoms with Crippen molar-refractivity contribution in [3.05, 3.63) is 39.4 Å². The molecule has 16 heavy (non-hydrogen) atoms.